The molecule has 0 amide bonds. The Bertz CT molecular complexity index is 392. The lowest BCUT2D eigenvalue weighted by molar-refractivity contribution is 0.292. The van der Waals surface area contributed by atoms with Crippen LogP contribution in [-0.2, 0) is 0 Å². The molecular formula is C16H26N4. The van der Waals surface area contributed by atoms with Crippen molar-refractivity contribution in [2.45, 2.75) is 56.7 Å². The van der Waals surface area contributed by atoms with E-state index in [1.165, 1.54) is 38.5 Å². The minimum absolute atomic E-state index is 0.444. The van der Waals surface area contributed by atoms with Gasteiger partial charge >= 0.3 is 0 Å². The van der Waals surface area contributed by atoms with Gasteiger partial charge in [-0.15, -0.1) is 0 Å². The Kier molecular flexibility index (Phi) is 4.53. The first-order valence-corrected chi connectivity index (χ1v) is 7.99. The van der Waals surface area contributed by atoms with Crippen LogP contribution in [0.15, 0.2) is 24.4 Å². The summed E-state index contributed by atoms with van der Waals surface area (Å²) in [5.74, 6) is 1.12. The van der Waals surface area contributed by atoms with Gasteiger partial charge in [-0.2, -0.15) is 0 Å². The van der Waals surface area contributed by atoms with Crippen molar-refractivity contribution < 1.29 is 0 Å². The SMILES string of the molecule is NC1CCC(NC2CCN(c3ccccn3)CC2)CC1. The Balaban J connectivity index is 1.44. The van der Waals surface area contributed by atoms with Crippen molar-refractivity contribution in [2.75, 3.05) is 18.0 Å². The third kappa shape index (κ3) is 3.49. The number of hydrogen-bond acceptors (Lipinski definition) is 4. The van der Waals surface area contributed by atoms with Crippen molar-refractivity contribution in [3.8, 4) is 0 Å². The zero-order valence-electron chi connectivity index (χ0n) is 12.2. The highest BCUT2D eigenvalue weighted by molar-refractivity contribution is 5.38. The van der Waals surface area contributed by atoms with E-state index in [9.17, 15) is 0 Å². The maximum Gasteiger partial charge on any atom is 0.128 e. The topological polar surface area (TPSA) is 54.2 Å². The van der Waals surface area contributed by atoms with E-state index in [2.05, 4.69) is 27.3 Å². The minimum Gasteiger partial charge on any atom is -0.357 e. The minimum atomic E-state index is 0.444. The zero-order chi connectivity index (χ0) is 13.8. The number of hydrogen-bond donors (Lipinski definition) is 2. The molecule has 0 atom stereocenters. The Morgan fingerprint density at radius 3 is 2.35 bits per heavy atom. The van der Waals surface area contributed by atoms with E-state index >= 15 is 0 Å². The van der Waals surface area contributed by atoms with Gasteiger partial charge in [0.15, 0.2) is 0 Å². The highest BCUT2D eigenvalue weighted by atomic mass is 15.2. The van der Waals surface area contributed by atoms with Crippen molar-refractivity contribution in [1.82, 2.24) is 10.3 Å². The second kappa shape index (κ2) is 6.55. The highest BCUT2D eigenvalue weighted by Gasteiger charge is 2.24. The second-order valence-corrected chi connectivity index (χ2v) is 6.23. The Morgan fingerprint density at radius 2 is 1.70 bits per heavy atom. The summed E-state index contributed by atoms with van der Waals surface area (Å²) in [6.45, 7) is 2.22. The van der Waals surface area contributed by atoms with E-state index in [1.807, 2.05) is 12.3 Å². The largest absolute Gasteiger partial charge is 0.357 e. The fraction of sp³-hybridized carbons (Fsp3) is 0.688. The summed E-state index contributed by atoms with van der Waals surface area (Å²) in [6.07, 6.45) is 9.20. The molecule has 1 aromatic rings. The molecule has 2 aliphatic rings. The molecule has 0 unspecified atom stereocenters. The number of rotatable bonds is 3. The van der Waals surface area contributed by atoms with Crippen LogP contribution in [-0.4, -0.2) is 36.2 Å². The first kappa shape index (κ1) is 13.8. The molecule has 1 aromatic heterocycles. The van der Waals surface area contributed by atoms with E-state index in [0.29, 0.717) is 18.1 Å². The van der Waals surface area contributed by atoms with Gasteiger partial charge in [0.1, 0.15) is 5.82 Å². The molecule has 4 nitrogen and oxygen atoms in total. The lowest BCUT2D eigenvalue weighted by Gasteiger charge is -2.36. The average Bonchev–Trinajstić information content (AvgIpc) is 2.51. The zero-order valence-corrected chi connectivity index (χ0v) is 12.2. The first-order chi connectivity index (χ1) is 9.81. The van der Waals surface area contributed by atoms with Crippen molar-refractivity contribution in [3.63, 3.8) is 0 Å². The lowest BCUT2D eigenvalue weighted by Crippen LogP contribution is -2.48. The van der Waals surface area contributed by atoms with E-state index in [0.717, 1.165) is 18.9 Å². The van der Waals surface area contributed by atoms with Crippen molar-refractivity contribution in [2.24, 2.45) is 5.73 Å². The van der Waals surface area contributed by atoms with E-state index in [1.54, 1.807) is 0 Å². The highest BCUT2D eigenvalue weighted by Crippen LogP contribution is 2.21. The molecule has 0 bridgehead atoms. The van der Waals surface area contributed by atoms with Crippen molar-refractivity contribution in [3.05, 3.63) is 24.4 Å². The van der Waals surface area contributed by atoms with E-state index in [-0.39, 0.29) is 0 Å². The van der Waals surface area contributed by atoms with Crippen LogP contribution in [0.2, 0.25) is 0 Å². The molecule has 0 spiro atoms. The van der Waals surface area contributed by atoms with Crippen LogP contribution in [0, 0.1) is 0 Å². The number of nitrogens with zero attached hydrogens (tertiary/aromatic N) is 2. The molecule has 1 saturated carbocycles. The van der Waals surface area contributed by atoms with Gasteiger partial charge in [-0.3, -0.25) is 0 Å². The van der Waals surface area contributed by atoms with Gasteiger partial charge in [0.2, 0.25) is 0 Å². The van der Waals surface area contributed by atoms with Crippen LogP contribution in [0.25, 0.3) is 0 Å². The quantitative estimate of drug-likeness (QED) is 0.884. The molecule has 1 aliphatic carbocycles. The first-order valence-electron chi connectivity index (χ1n) is 7.99. The summed E-state index contributed by atoms with van der Waals surface area (Å²) in [6, 6.07) is 7.97. The average molecular weight is 274 g/mol. The molecule has 2 heterocycles. The molecule has 20 heavy (non-hydrogen) atoms. The Hall–Kier alpha value is -1.13. The number of pyridine rings is 1. The van der Waals surface area contributed by atoms with Gasteiger partial charge in [0.05, 0.1) is 0 Å². The normalized spacial score (nSPS) is 28.6. The summed E-state index contributed by atoms with van der Waals surface area (Å²) in [5.41, 5.74) is 5.97. The number of anilines is 1. The fourth-order valence-corrected chi connectivity index (χ4v) is 3.44. The number of nitrogens with two attached hydrogens (primary N) is 1. The third-order valence-corrected chi connectivity index (χ3v) is 4.71. The van der Waals surface area contributed by atoms with Gasteiger partial charge in [0.25, 0.3) is 0 Å². The molecule has 4 heteroatoms. The molecular weight excluding hydrogens is 248 g/mol. The third-order valence-electron chi connectivity index (χ3n) is 4.71. The van der Waals surface area contributed by atoms with Gasteiger partial charge < -0.3 is 16.0 Å². The van der Waals surface area contributed by atoms with Crippen molar-refractivity contribution in [1.29, 1.82) is 0 Å². The van der Waals surface area contributed by atoms with Gasteiger partial charge in [-0.1, -0.05) is 6.07 Å². The molecule has 0 aromatic carbocycles. The molecule has 2 fully saturated rings. The van der Waals surface area contributed by atoms with Gasteiger partial charge in [-0.05, 0) is 50.7 Å². The maximum atomic E-state index is 5.97. The Morgan fingerprint density at radius 1 is 1.00 bits per heavy atom. The van der Waals surface area contributed by atoms with Gasteiger partial charge in [-0.25, -0.2) is 4.98 Å². The fourth-order valence-electron chi connectivity index (χ4n) is 3.44. The summed E-state index contributed by atoms with van der Waals surface area (Å²) in [5, 5.41) is 3.85. The monoisotopic (exact) mass is 274 g/mol. The van der Waals surface area contributed by atoms with Crippen LogP contribution in [0.3, 0.4) is 0 Å². The molecule has 3 N–H and O–H groups in total. The molecule has 0 radical (unpaired) electrons. The van der Waals surface area contributed by atoms with E-state index < -0.39 is 0 Å². The van der Waals surface area contributed by atoms with Crippen molar-refractivity contribution >= 4 is 5.82 Å². The predicted molar refractivity (Wildman–Crippen MR) is 82.8 cm³/mol. The van der Waals surface area contributed by atoms with Crippen LogP contribution in [0.5, 0.6) is 0 Å². The van der Waals surface area contributed by atoms with Crippen LogP contribution in [0.1, 0.15) is 38.5 Å². The summed E-state index contributed by atoms with van der Waals surface area (Å²) >= 11 is 0. The summed E-state index contributed by atoms with van der Waals surface area (Å²) in [7, 11) is 0. The maximum absolute atomic E-state index is 5.97. The smallest absolute Gasteiger partial charge is 0.128 e. The molecule has 3 rings (SSSR count). The second-order valence-electron chi connectivity index (χ2n) is 6.23. The Labute approximate surface area is 121 Å². The molecule has 1 saturated heterocycles. The molecule has 110 valence electrons. The lowest BCUT2D eigenvalue weighted by atomic mass is 9.90. The van der Waals surface area contributed by atoms with Gasteiger partial charge in [0, 0.05) is 37.4 Å². The number of aromatic nitrogens is 1. The summed E-state index contributed by atoms with van der Waals surface area (Å²) < 4.78 is 0. The van der Waals surface area contributed by atoms with Crippen LogP contribution >= 0.6 is 0 Å². The van der Waals surface area contributed by atoms with E-state index in [4.69, 9.17) is 5.73 Å². The predicted octanol–water partition coefficient (Wildman–Crippen LogP) is 1.91. The number of nitrogens with one attached hydrogen (secondary N) is 1. The number of piperidine rings is 1. The standard InChI is InChI=1S/C16H26N4/c17-13-4-6-14(7-5-13)19-15-8-11-20(12-9-15)16-3-1-2-10-18-16/h1-3,10,13-15,19H,4-9,11-12,17H2. The molecule has 1 aliphatic heterocycles. The van der Waals surface area contributed by atoms with Crippen LogP contribution < -0.4 is 16.0 Å². The van der Waals surface area contributed by atoms with Crippen LogP contribution in [0.4, 0.5) is 5.82 Å². The summed E-state index contributed by atoms with van der Waals surface area (Å²) in [4.78, 5) is 6.84.